The van der Waals surface area contributed by atoms with Gasteiger partial charge in [-0.25, -0.2) is 0 Å². The molecule has 2 aliphatic rings. The third-order valence-electron chi connectivity index (χ3n) is 7.16. The van der Waals surface area contributed by atoms with Gasteiger partial charge in [0.25, 0.3) is 5.91 Å². The largest absolute Gasteiger partial charge is 0.355 e. The number of carbonyl (C=O) groups excluding carboxylic acids is 2. The van der Waals surface area contributed by atoms with Crippen molar-refractivity contribution in [3.8, 4) is 0 Å². The Morgan fingerprint density at radius 3 is 2.25 bits per heavy atom. The second-order valence-electron chi connectivity index (χ2n) is 9.64. The van der Waals surface area contributed by atoms with Crippen molar-refractivity contribution in [2.45, 2.75) is 50.4 Å². The second kappa shape index (κ2) is 11.1. The fourth-order valence-electron chi connectivity index (χ4n) is 5.45. The van der Waals surface area contributed by atoms with Gasteiger partial charge in [0.1, 0.15) is 0 Å². The van der Waals surface area contributed by atoms with Crippen molar-refractivity contribution in [1.29, 1.82) is 0 Å². The van der Waals surface area contributed by atoms with Crippen LogP contribution in [0.2, 0.25) is 5.02 Å². The number of amides is 2. The van der Waals surface area contributed by atoms with Crippen LogP contribution in [-0.4, -0.2) is 41.4 Å². The molecule has 0 spiro atoms. The number of para-hydroxylation sites is 2. The van der Waals surface area contributed by atoms with Crippen molar-refractivity contribution in [1.82, 2.24) is 15.5 Å². The summed E-state index contributed by atoms with van der Waals surface area (Å²) in [5.74, 6) is -0.422. The van der Waals surface area contributed by atoms with Gasteiger partial charge in [-0.3, -0.25) is 14.5 Å². The summed E-state index contributed by atoms with van der Waals surface area (Å²) in [5.41, 5.74) is 3.37. The smallest absolute Gasteiger partial charge is 0.253 e. The first-order chi connectivity index (χ1) is 17.5. The fourth-order valence-corrected chi connectivity index (χ4v) is 5.58. The molecule has 2 saturated heterocycles. The number of hydrogen-bond acceptors (Lipinski definition) is 4. The van der Waals surface area contributed by atoms with E-state index in [1.165, 1.54) is 5.56 Å². The highest BCUT2D eigenvalue weighted by Crippen LogP contribution is 2.37. The summed E-state index contributed by atoms with van der Waals surface area (Å²) in [7, 11) is 0. The highest BCUT2D eigenvalue weighted by Gasteiger charge is 2.40. The van der Waals surface area contributed by atoms with Crippen LogP contribution in [0.15, 0.2) is 78.9 Å². The maximum Gasteiger partial charge on any atom is 0.253 e. The van der Waals surface area contributed by atoms with Crippen molar-refractivity contribution < 1.29 is 9.59 Å². The van der Waals surface area contributed by atoms with Crippen LogP contribution in [0.25, 0.3) is 0 Å². The molecular formula is C29H31ClN4O2. The average molecular weight is 503 g/mol. The molecule has 2 fully saturated rings. The average Bonchev–Trinajstić information content (AvgIpc) is 3.11. The number of halogens is 1. The lowest BCUT2D eigenvalue weighted by molar-refractivity contribution is -0.121. The van der Waals surface area contributed by atoms with Gasteiger partial charge in [0, 0.05) is 35.4 Å². The lowest BCUT2D eigenvalue weighted by atomic mass is 9.96. The summed E-state index contributed by atoms with van der Waals surface area (Å²) < 4.78 is 0. The van der Waals surface area contributed by atoms with E-state index in [1.54, 1.807) is 6.07 Å². The third-order valence-corrected chi connectivity index (χ3v) is 7.41. The van der Waals surface area contributed by atoms with Gasteiger partial charge in [-0.1, -0.05) is 54.1 Å². The normalized spacial score (nSPS) is 21.1. The van der Waals surface area contributed by atoms with Gasteiger partial charge in [-0.15, -0.1) is 0 Å². The monoisotopic (exact) mass is 502 g/mol. The molecule has 6 nitrogen and oxygen atoms in total. The number of benzene rings is 3. The minimum absolute atomic E-state index is 0.0428. The van der Waals surface area contributed by atoms with Crippen LogP contribution < -0.4 is 16.0 Å². The molecule has 3 aromatic rings. The van der Waals surface area contributed by atoms with E-state index < -0.39 is 0 Å². The quantitative estimate of drug-likeness (QED) is 0.399. The Bertz CT molecular complexity index is 1190. The van der Waals surface area contributed by atoms with Gasteiger partial charge in [0.15, 0.2) is 0 Å². The zero-order chi connectivity index (χ0) is 24.9. The standard InChI is InChI=1S/C29H31ClN4O2/c30-21-12-10-20(11-13-21)19-34-24-14-15-25(34)17-23(16-24)33-28(35)18-31-29(36)26-8-4-5-9-27(26)32-22-6-2-1-3-7-22/h1-13,23-25,32H,14-19H2,(H,31,36)(H,33,35)/t23-,24+,25-. The molecule has 0 unspecified atom stereocenters. The first-order valence-corrected chi connectivity index (χ1v) is 12.9. The predicted octanol–water partition coefficient (Wildman–Crippen LogP) is 5.13. The molecule has 186 valence electrons. The van der Waals surface area contributed by atoms with E-state index >= 15 is 0 Å². The number of carbonyl (C=O) groups is 2. The van der Waals surface area contributed by atoms with Crippen LogP contribution in [0.3, 0.4) is 0 Å². The molecule has 36 heavy (non-hydrogen) atoms. The Hall–Kier alpha value is -3.35. The van der Waals surface area contributed by atoms with Crippen molar-refractivity contribution in [3.63, 3.8) is 0 Å². The van der Waals surface area contributed by atoms with E-state index in [-0.39, 0.29) is 24.4 Å². The number of anilines is 2. The number of nitrogens with zero attached hydrogens (tertiary/aromatic N) is 1. The predicted molar refractivity (Wildman–Crippen MR) is 143 cm³/mol. The molecule has 3 atom stereocenters. The first-order valence-electron chi connectivity index (χ1n) is 12.5. The molecule has 0 aromatic heterocycles. The fraction of sp³-hybridized carbons (Fsp3) is 0.310. The van der Waals surface area contributed by atoms with Crippen molar-refractivity contribution >= 4 is 34.8 Å². The Balaban J connectivity index is 1.12. The van der Waals surface area contributed by atoms with Crippen LogP contribution in [0, 0.1) is 0 Å². The summed E-state index contributed by atoms with van der Waals surface area (Å²) in [4.78, 5) is 28.1. The van der Waals surface area contributed by atoms with Crippen LogP contribution in [0.1, 0.15) is 41.6 Å². The van der Waals surface area contributed by atoms with Gasteiger partial charge in [-0.05, 0) is 67.6 Å². The lowest BCUT2D eigenvalue weighted by Gasteiger charge is -2.39. The zero-order valence-corrected chi connectivity index (χ0v) is 20.9. The SMILES string of the molecule is O=C(CNC(=O)c1ccccc1Nc1ccccc1)N[C@H]1C[C@H]2CC[C@@H](C1)N2Cc1ccc(Cl)cc1. The first kappa shape index (κ1) is 24.3. The molecule has 2 aliphatic heterocycles. The maximum atomic E-state index is 12.9. The summed E-state index contributed by atoms with van der Waals surface area (Å²) in [6, 6.07) is 26.1. The lowest BCUT2D eigenvalue weighted by Crippen LogP contribution is -2.51. The molecule has 2 amide bonds. The highest BCUT2D eigenvalue weighted by atomic mass is 35.5. The molecule has 0 saturated carbocycles. The van der Waals surface area contributed by atoms with Crippen molar-refractivity contribution in [2.24, 2.45) is 0 Å². The maximum absolute atomic E-state index is 12.9. The van der Waals surface area contributed by atoms with E-state index in [4.69, 9.17) is 11.6 Å². The number of rotatable bonds is 8. The van der Waals surface area contributed by atoms with E-state index in [0.29, 0.717) is 23.3 Å². The Kier molecular flexibility index (Phi) is 7.54. The summed E-state index contributed by atoms with van der Waals surface area (Å²) in [6.45, 7) is 0.873. The van der Waals surface area contributed by atoms with Gasteiger partial charge in [0.2, 0.25) is 5.91 Å². The molecule has 7 heteroatoms. The van der Waals surface area contributed by atoms with Crippen molar-refractivity contribution in [3.05, 3.63) is 95.0 Å². The van der Waals surface area contributed by atoms with Crippen LogP contribution >= 0.6 is 11.6 Å². The Labute approximate surface area is 217 Å². The van der Waals surface area contributed by atoms with E-state index in [1.807, 2.05) is 60.7 Å². The minimum atomic E-state index is -0.276. The van der Waals surface area contributed by atoms with E-state index in [2.05, 4.69) is 33.0 Å². The van der Waals surface area contributed by atoms with Crippen molar-refractivity contribution in [2.75, 3.05) is 11.9 Å². The van der Waals surface area contributed by atoms with Gasteiger partial charge < -0.3 is 16.0 Å². The number of piperidine rings is 1. The van der Waals surface area contributed by atoms with Crippen LogP contribution in [0.5, 0.6) is 0 Å². The molecule has 3 N–H and O–H groups in total. The zero-order valence-electron chi connectivity index (χ0n) is 20.1. The second-order valence-corrected chi connectivity index (χ2v) is 10.1. The Morgan fingerprint density at radius 1 is 0.861 bits per heavy atom. The van der Waals surface area contributed by atoms with E-state index in [9.17, 15) is 9.59 Å². The number of nitrogens with one attached hydrogen (secondary N) is 3. The van der Waals surface area contributed by atoms with Crippen LogP contribution in [0.4, 0.5) is 11.4 Å². The molecule has 0 aliphatic carbocycles. The topological polar surface area (TPSA) is 73.5 Å². The minimum Gasteiger partial charge on any atom is -0.355 e. The molecular weight excluding hydrogens is 472 g/mol. The number of fused-ring (bicyclic) bond motifs is 2. The molecule has 5 rings (SSSR count). The Morgan fingerprint density at radius 2 is 1.53 bits per heavy atom. The van der Waals surface area contributed by atoms with Gasteiger partial charge in [-0.2, -0.15) is 0 Å². The highest BCUT2D eigenvalue weighted by molar-refractivity contribution is 6.30. The van der Waals surface area contributed by atoms with E-state index in [0.717, 1.165) is 42.9 Å². The summed E-state index contributed by atoms with van der Waals surface area (Å²) in [5, 5.41) is 9.98. The molecule has 0 radical (unpaired) electrons. The molecule has 2 heterocycles. The summed E-state index contributed by atoms with van der Waals surface area (Å²) in [6.07, 6.45) is 4.19. The van der Waals surface area contributed by atoms with Gasteiger partial charge >= 0.3 is 0 Å². The molecule has 3 aromatic carbocycles. The number of hydrogen-bond donors (Lipinski definition) is 3. The summed E-state index contributed by atoms with van der Waals surface area (Å²) >= 11 is 6.03. The van der Waals surface area contributed by atoms with Crippen LogP contribution in [-0.2, 0) is 11.3 Å². The molecule has 2 bridgehead atoms. The van der Waals surface area contributed by atoms with Gasteiger partial charge in [0.05, 0.1) is 17.8 Å². The third kappa shape index (κ3) is 5.89.